The summed E-state index contributed by atoms with van der Waals surface area (Å²) < 4.78 is 18.3. The third-order valence-corrected chi connectivity index (χ3v) is 3.89. The second-order valence-corrected chi connectivity index (χ2v) is 5.73. The first-order valence-corrected chi connectivity index (χ1v) is 8.36. The molecule has 0 aliphatic heterocycles. The van der Waals surface area contributed by atoms with Crippen LogP contribution in [0.4, 0.5) is 16.0 Å². The van der Waals surface area contributed by atoms with Gasteiger partial charge in [-0.15, -0.1) is 0 Å². The van der Waals surface area contributed by atoms with Gasteiger partial charge in [0.05, 0.1) is 23.9 Å². The minimum Gasteiger partial charge on any atom is -0.465 e. The molecule has 0 radical (unpaired) electrons. The van der Waals surface area contributed by atoms with Gasteiger partial charge < -0.3 is 15.4 Å². The summed E-state index contributed by atoms with van der Waals surface area (Å²) in [5, 5.41) is 5.53. The molecule has 7 nitrogen and oxygen atoms in total. The summed E-state index contributed by atoms with van der Waals surface area (Å²) in [6.45, 7) is 0.213. The molecule has 0 unspecified atom stereocenters. The number of nitrogens with zero attached hydrogens (tertiary/aromatic N) is 2. The van der Waals surface area contributed by atoms with Crippen LogP contribution in [0.1, 0.15) is 26.3 Å². The Kier molecular flexibility index (Phi) is 5.91. The summed E-state index contributed by atoms with van der Waals surface area (Å²) in [4.78, 5) is 32.3. The number of nitrogens with one attached hydrogen (secondary N) is 2. The van der Waals surface area contributed by atoms with Crippen molar-refractivity contribution in [3.8, 4) is 0 Å². The van der Waals surface area contributed by atoms with E-state index in [2.05, 4.69) is 20.6 Å². The average molecular weight is 380 g/mol. The molecule has 1 aromatic heterocycles. The van der Waals surface area contributed by atoms with Gasteiger partial charge in [0.1, 0.15) is 5.82 Å². The Morgan fingerprint density at radius 3 is 2.43 bits per heavy atom. The number of halogens is 1. The molecule has 3 aromatic rings. The number of hydrogen-bond donors (Lipinski definition) is 2. The van der Waals surface area contributed by atoms with Gasteiger partial charge in [0.15, 0.2) is 0 Å². The summed E-state index contributed by atoms with van der Waals surface area (Å²) in [7, 11) is 1.27. The Morgan fingerprint density at radius 2 is 1.71 bits per heavy atom. The van der Waals surface area contributed by atoms with Gasteiger partial charge in [-0.05, 0) is 18.2 Å². The van der Waals surface area contributed by atoms with Crippen molar-refractivity contribution >= 4 is 23.5 Å². The Hall–Kier alpha value is -3.81. The molecule has 0 spiro atoms. The van der Waals surface area contributed by atoms with Crippen molar-refractivity contribution in [3.63, 3.8) is 0 Å². The Bertz CT molecular complexity index is 993. The highest BCUT2D eigenvalue weighted by atomic mass is 19.1. The molecule has 0 bridgehead atoms. The van der Waals surface area contributed by atoms with E-state index in [1.807, 2.05) is 0 Å². The van der Waals surface area contributed by atoms with Crippen LogP contribution in [0.2, 0.25) is 0 Å². The molecular formula is C20H17FN4O3. The van der Waals surface area contributed by atoms with Crippen LogP contribution in [0.3, 0.4) is 0 Å². The maximum absolute atomic E-state index is 13.6. The number of benzene rings is 2. The predicted octanol–water partition coefficient (Wildman–Crippen LogP) is 3.27. The predicted molar refractivity (Wildman–Crippen MR) is 101 cm³/mol. The number of para-hydroxylation sites is 1. The van der Waals surface area contributed by atoms with Crippen molar-refractivity contribution in [1.82, 2.24) is 9.97 Å². The van der Waals surface area contributed by atoms with Gasteiger partial charge >= 0.3 is 5.97 Å². The van der Waals surface area contributed by atoms with E-state index in [0.29, 0.717) is 11.3 Å². The third kappa shape index (κ3) is 4.47. The fourth-order valence-electron chi connectivity index (χ4n) is 2.43. The van der Waals surface area contributed by atoms with E-state index < -0.39 is 11.9 Å². The summed E-state index contributed by atoms with van der Waals surface area (Å²) in [5.41, 5.74) is 1.24. The number of ether oxygens (including phenoxy) is 1. The molecule has 8 heteroatoms. The first-order valence-electron chi connectivity index (χ1n) is 8.36. The largest absolute Gasteiger partial charge is 0.465 e. The SMILES string of the molecule is COC(=O)c1ccccc1NC(=O)c1cnc(NCc2ccccc2F)nc1. The van der Waals surface area contributed by atoms with E-state index in [-0.39, 0.29) is 29.4 Å². The van der Waals surface area contributed by atoms with Gasteiger partial charge in [-0.3, -0.25) is 4.79 Å². The van der Waals surface area contributed by atoms with Crippen molar-refractivity contribution in [3.05, 3.63) is 83.4 Å². The lowest BCUT2D eigenvalue weighted by molar-refractivity contribution is 0.0602. The van der Waals surface area contributed by atoms with Gasteiger partial charge in [0.25, 0.3) is 5.91 Å². The topological polar surface area (TPSA) is 93.2 Å². The second kappa shape index (κ2) is 8.72. The quantitative estimate of drug-likeness (QED) is 0.638. The van der Waals surface area contributed by atoms with Crippen molar-refractivity contribution in [2.45, 2.75) is 6.54 Å². The smallest absolute Gasteiger partial charge is 0.339 e. The zero-order valence-electron chi connectivity index (χ0n) is 15.0. The summed E-state index contributed by atoms with van der Waals surface area (Å²) >= 11 is 0. The molecule has 28 heavy (non-hydrogen) atoms. The zero-order chi connectivity index (χ0) is 19.9. The lowest BCUT2D eigenvalue weighted by atomic mass is 10.1. The summed E-state index contributed by atoms with van der Waals surface area (Å²) in [6.07, 6.45) is 2.68. The van der Waals surface area contributed by atoms with E-state index in [0.717, 1.165) is 0 Å². The first kappa shape index (κ1) is 19.0. The van der Waals surface area contributed by atoms with Crippen LogP contribution in [0.15, 0.2) is 60.9 Å². The highest BCUT2D eigenvalue weighted by Gasteiger charge is 2.15. The molecule has 1 heterocycles. The van der Waals surface area contributed by atoms with Gasteiger partial charge in [-0.1, -0.05) is 30.3 Å². The van der Waals surface area contributed by atoms with Gasteiger partial charge in [-0.25, -0.2) is 19.2 Å². The Morgan fingerprint density at radius 1 is 1.04 bits per heavy atom. The maximum atomic E-state index is 13.6. The standard InChI is InChI=1S/C20H17FN4O3/c1-28-19(27)15-7-3-5-9-17(15)25-18(26)14-11-23-20(24-12-14)22-10-13-6-2-4-8-16(13)21/h2-9,11-12H,10H2,1H3,(H,25,26)(H,22,23,24). The lowest BCUT2D eigenvalue weighted by Crippen LogP contribution is -2.16. The molecule has 0 aliphatic carbocycles. The molecule has 0 fully saturated rings. The highest BCUT2D eigenvalue weighted by Crippen LogP contribution is 2.17. The number of methoxy groups -OCH3 is 1. The minimum absolute atomic E-state index is 0.205. The van der Waals surface area contributed by atoms with Crippen LogP contribution < -0.4 is 10.6 Å². The fourth-order valence-corrected chi connectivity index (χ4v) is 2.43. The van der Waals surface area contributed by atoms with Gasteiger partial charge in [0, 0.05) is 24.5 Å². The number of aromatic nitrogens is 2. The Labute approximate surface area is 160 Å². The minimum atomic E-state index is -0.556. The van der Waals surface area contributed by atoms with Crippen LogP contribution in [0.5, 0.6) is 0 Å². The lowest BCUT2D eigenvalue weighted by Gasteiger charge is -2.10. The van der Waals surface area contributed by atoms with Gasteiger partial charge in [0.2, 0.25) is 5.95 Å². The monoisotopic (exact) mass is 380 g/mol. The normalized spacial score (nSPS) is 10.2. The molecule has 0 aliphatic rings. The molecule has 1 amide bonds. The maximum Gasteiger partial charge on any atom is 0.339 e. The summed E-state index contributed by atoms with van der Waals surface area (Å²) in [6, 6.07) is 12.9. The number of anilines is 2. The number of esters is 1. The van der Waals surface area contributed by atoms with E-state index in [1.54, 1.807) is 42.5 Å². The van der Waals surface area contributed by atoms with Crippen molar-refractivity contribution in [2.75, 3.05) is 17.7 Å². The number of hydrogen-bond acceptors (Lipinski definition) is 6. The molecule has 0 saturated carbocycles. The van der Waals surface area contributed by atoms with Crippen LogP contribution in [0.25, 0.3) is 0 Å². The van der Waals surface area contributed by atoms with Crippen molar-refractivity contribution < 1.29 is 18.7 Å². The van der Waals surface area contributed by atoms with Crippen LogP contribution >= 0.6 is 0 Å². The second-order valence-electron chi connectivity index (χ2n) is 5.73. The zero-order valence-corrected chi connectivity index (χ0v) is 15.0. The highest BCUT2D eigenvalue weighted by molar-refractivity contribution is 6.07. The van der Waals surface area contributed by atoms with E-state index in [4.69, 9.17) is 4.74 Å². The van der Waals surface area contributed by atoms with Crippen molar-refractivity contribution in [2.24, 2.45) is 0 Å². The van der Waals surface area contributed by atoms with E-state index in [9.17, 15) is 14.0 Å². The number of amides is 1. The van der Waals surface area contributed by atoms with Gasteiger partial charge in [-0.2, -0.15) is 0 Å². The summed E-state index contributed by atoms with van der Waals surface area (Å²) in [5.74, 6) is -1.10. The number of rotatable bonds is 6. The molecule has 2 N–H and O–H groups in total. The first-order chi connectivity index (χ1) is 13.6. The van der Waals surface area contributed by atoms with E-state index in [1.165, 1.54) is 25.6 Å². The molecule has 142 valence electrons. The molecule has 0 atom stereocenters. The molecular weight excluding hydrogens is 363 g/mol. The molecule has 2 aromatic carbocycles. The molecule has 0 saturated heterocycles. The van der Waals surface area contributed by atoms with Crippen LogP contribution in [-0.2, 0) is 11.3 Å². The molecule has 3 rings (SSSR count). The Balaban J connectivity index is 1.66. The number of carbonyl (C=O) groups is 2. The van der Waals surface area contributed by atoms with E-state index >= 15 is 0 Å². The average Bonchev–Trinajstić information content (AvgIpc) is 2.73. The van der Waals surface area contributed by atoms with Crippen LogP contribution in [0, 0.1) is 5.82 Å². The van der Waals surface area contributed by atoms with Crippen molar-refractivity contribution in [1.29, 1.82) is 0 Å². The third-order valence-electron chi connectivity index (χ3n) is 3.89. The number of carbonyl (C=O) groups excluding carboxylic acids is 2. The fraction of sp³-hybridized carbons (Fsp3) is 0.100. The van der Waals surface area contributed by atoms with Crippen LogP contribution in [-0.4, -0.2) is 29.0 Å².